The zero-order valence-electron chi connectivity index (χ0n) is 13.2. The normalized spacial score (nSPS) is 13.8. The molecular formula is C17H29NO2. The molecule has 3 heteroatoms. The van der Waals surface area contributed by atoms with Crippen LogP contribution in [0.5, 0.6) is 0 Å². The van der Waals surface area contributed by atoms with Gasteiger partial charge in [-0.3, -0.25) is 0 Å². The molecule has 1 rings (SSSR count). The second-order valence-electron chi connectivity index (χ2n) is 5.90. The van der Waals surface area contributed by atoms with Gasteiger partial charge in [-0.1, -0.05) is 52.0 Å². The van der Waals surface area contributed by atoms with E-state index in [4.69, 9.17) is 0 Å². The van der Waals surface area contributed by atoms with E-state index in [1.807, 2.05) is 26.0 Å². The Bertz CT molecular complexity index is 382. The summed E-state index contributed by atoms with van der Waals surface area (Å²) >= 11 is 0. The van der Waals surface area contributed by atoms with Crippen molar-refractivity contribution in [2.24, 2.45) is 0 Å². The Morgan fingerprint density at radius 3 is 2.00 bits per heavy atom. The molecule has 3 nitrogen and oxygen atoms in total. The standard InChI is InChI=1S/C17H29NO2/c1-5-17(20,6-2)12-18-11-16(19)15-9-7-14(8-10-15)13(3)4/h7-10,13,16,18-20H,5-6,11-12H2,1-4H3. The number of aliphatic hydroxyl groups excluding tert-OH is 1. The third-order valence-electron chi connectivity index (χ3n) is 4.10. The van der Waals surface area contributed by atoms with Crippen LogP contribution in [0.3, 0.4) is 0 Å². The van der Waals surface area contributed by atoms with Crippen molar-refractivity contribution in [1.29, 1.82) is 0 Å². The fourth-order valence-electron chi connectivity index (χ4n) is 2.16. The SMILES string of the molecule is CCC(O)(CC)CNCC(O)c1ccc(C(C)C)cc1. The molecule has 0 amide bonds. The van der Waals surface area contributed by atoms with Crippen molar-refractivity contribution in [2.75, 3.05) is 13.1 Å². The Morgan fingerprint density at radius 2 is 1.55 bits per heavy atom. The molecule has 0 aliphatic rings. The lowest BCUT2D eigenvalue weighted by atomic mass is 9.97. The van der Waals surface area contributed by atoms with Crippen LogP contribution in [-0.2, 0) is 0 Å². The largest absolute Gasteiger partial charge is 0.389 e. The Morgan fingerprint density at radius 1 is 1.05 bits per heavy atom. The first-order chi connectivity index (χ1) is 9.41. The van der Waals surface area contributed by atoms with Crippen molar-refractivity contribution in [3.05, 3.63) is 35.4 Å². The first kappa shape index (κ1) is 17.2. The van der Waals surface area contributed by atoms with Crippen LogP contribution < -0.4 is 5.32 Å². The van der Waals surface area contributed by atoms with Gasteiger partial charge in [0.15, 0.2) is 0 Å². The van der Waals surface area contributed by atoms with Crippen LogP contribution >= 0.6 is 0 Å². The summed E-state index contributed by atoms with van der Waals surface area (Å²) in [5.41, 5.74) is 1.53. The summed E-state index contributed by atoms with van der Waals surface area (Å²) in [5.74, 6) is 0.503. The third kappa shape index (κ3) is 4.89. The monoisotopic (exact) mass is 279 g/mol. The molecule has 0 radical (unpaired) electrons. The molecular weight excluding hydrogens is 250 g/mol. The van der Waals surface area contributed by atoms with Gasteiger partial charge in [0.05, 0.1) is 11.7 Å². The van der Waals surface area contributed by atoms with Gasteiger partial charge in [0.1, 0.15) is 0 Å². The summed E-state index contributed by atoms with van der Waals surface area (Å²) in [6, 6.07) is 8.09. The number of hydrogen-bond donors (Lipinski definition) is 3. The van der Waals surface area contributed by atoms with Gasteiger partial charge < -0.3 is 15.5 Å². The summed E-state index contributed by atoms with van der Waals surface area (Å²) < 4.78 is 0. The maximum absolute atomic E-state index is 10.2. The van der Waals surface area contributed by atoms with Crippen LogP contribution in [0.4, 0.5) is 0 Å². The highest BCUT2D eigenvalue weighted by atomic mass is 16.3. The Kier molecular flexibility index (Phi) is 6.66. The van der Waals surface area contributed by atoms with E-state index in [-0.39, 0.29) is 0 Å². The van der Waals surface area contributed by atoms with Gasteiger partial charge in [0.25, 0.3) is 0 Å². The Balaban J connectivity index is 2.48. The molecule has 20 heavy (non-hydrogen) atoms. The Hall–Kier alpha value is -0.900. The molecule has 3 N–H and O–H groups in total. The lowest BCUT2D eigenvalue weighted by molar-refractivity contribution is 0.0293. The van der Waals surface area contributed by atoms with E-state index in [1.165, 1.54) is 5.56 Å². The van der Waals surface area contributed by atoms with Crippen LogP contribution in [0.1, 0.15) is 63.7 Å². The van der Waals surface area contributed by atoms with Crippen molar-refractivity contribution in [3.8, 4) is 0 Å². The average molecular weight is 279 g/mol. The van der Waals surface area contributed by atoms with Crippen LogP contribution in [0.2, 0.25) is 0 Å². The second kappa shape index (κ2) is 7.77. The van der Waals surface area contributed by atoms with E-state index in [1.54, 1.807) is 0 Å². The summed E-state index contributed by atoms with van der Waals surface area (Å²) in [6.07, 6.45) is 0.903. The first-order valence-corrected chi connectivity index (χ1v) is 7.63. The van der Waals surface area contributed by atoms with Crippen LogP contribution in [0.25, 0.3) is 0 Å². The zero-order chi connectivity index (χ0) is 15.2. The summed E-state index contributed by atoms with van der Waals surface area (Å²) in [4.78, 5) is 0. The minimum Gasteiger partial charge on any atom is -0.389 e. The van der Waals surface area contributed by atoms with E-state index in [0.29, 0.717) is 19.0 Å². The molecule has 1 aromatic rings. The molecule has 0 saturated heterocycles. The molecule has 0 aromatic heterocycles. The molecule has 114 valence electrons. The highest BCUT2D eigenvalue weighted by Gasteiger charge is 2.21. The lowest BCUT2D eigenvalue weighted by Crippen LogP contribution is -2.40. The smallest absolute Gasteiger partial charge is 0.0914 e. The zero-order valence-corrected chi connectivity index (χ0v) is 13.2. The van der Waals surface area contributed by atoms with Gasteiger partial charge in [0.2, 0.25) is 0 Å². The quantitative estimate of drug-likeness (QED) is 0.685. The molecule has 0 heterocycles. The van der Waals surface area contributed by atoms with E-state index < -0.39 is 11.7 Å². The molecule has 0 fully saturated rings. The number of rotatable bonds is 8. The summed E-state index contributed by atoms with van der Waals surface area (Å²) in [6.45, 7) is 9.25. The number of hydrogen-bond acceptors (Lipinski definition) is 3. The fraction of sp³-hybridized carbons (Fsp3) is 0.647. The van der Waals surface area contributed by atoms with E-state index in [2.05, 4.69) is 31.3 Å². The van der Waals surface area contributed by atoms with Gasteiger partial charge in [-0.2, -0.15) is 0 Å². The van der Waals surface area contributed by atoms with Gasteiger partial charge in [-0.15, -0.1) is 0 Å². The van der Waals surface area contributed by atoms with Crippen molar-refractivity contribution in [2.45, 2.75) is 58.2 Å². The number of aliphatic hydroxyl groups is 2. The van der Waals surface area contributed by atoms with Crippen LogP contribution in [0, 0.1) is 0 Å². The highest BCUT2D eigenvalue weighted by Crippen LogP contribution is 2.19. The minimum atomic E-state index is -0.665. The van der Waals surface area contributed by atoms with Gasteiger partial charge >= 0.3 is 0 Å². The van der Waals surface area contributed by atoms with Gasteiger partial charge in [-0.05, 0) is 29.9 Å². The average Bonchev–Trinajstić information content (AvgIpc) is 2.47. The minimum absolute atomic E-state index is 0.462. The van der Waals surface area contributed by atoms with Crippen molar-refractivity contribution < 1.29 is 10.2 Å². The van der Waals surface area contributed by atoms with Crippen LogP contribution in [0.15, 0.2) is 24.3 Å². The number of nitrogens with one attached hydrogen (secondary N) is 1. The van der Waals surface area contributed by atoms with E-state index in [0.717, 1.165) is 18.4 Å². The predicted molar refractivity (Wildman–Crippen MR) is 83.9 cm³/mol. The topological polar surface area (TPSA) is 52.5 Å². The molecule has 0 bridgehead atoms. The Labute approximate surface area is 123 Å². The fourth-order valence-corrected chi connectivity index (χ4v) is 2.16. The summed E-state index contributed by atoms with van der Waals surface area (Å²) in [7, 11) is 0. The van der Waals surface area contributed by atoms with Crippen molar-refractivity contribution in [3.63, 3.8) is 0 Å². The highest BCUT2D eigenvalue weighted by molar-refractivity contribution is 5.26. The number of benzene rings is 1. The van der Waals surface area contributed by atoms with Gasteiger partial charge in [0, 0.05) is 13.1 Å². The molecule has 0 spiro atoms. The predicted octanol–water partition coefficient (Wildman–Crippen LogP) is 2.98. The molecule has 0 saturated carbocycles. The summed E-state index contributed by atoms with van der Waals surface area (Å²) in [5, 5.41) is 23.5. The van der Waals surface area contributed by atoms with Crippen LogP contribution in [-0.4, -0.2) is 28.9 Å². The lowest BCUT2D eigenvalue weighted by Gasteiger charge is -2.26. The maximum Gasteiger partial charge on any atom is 0.0914 e. The molecule has 1 atom stereocenters. The first-order valence-electron chi connectivity index (χ1n) is 7.63. The van der Waals surface area contributed by atoms with Crippen molar-refractivity contribution >= 4 is 0 Å². The molecule has 0 aliphatic heterocycles. The molecule has 1 unspecified atom stereocenters. The molecule has 0 aliphatic carbocycles. The van der Waals surface area contributed by atoms with E-state index >= 15 is 0 Å². The second-order valence-corrected chi connectivity index (χ2v) is 5.90. The van der Waals surface area contributed by atoms with Gasteiger partial charge in [-0.25, -0.2) is 0 Å². The van der Waals surface area contributed by atoms with E-state index in [9.17, 15) is 10.2 Å². The third-order valence-corrected chi connectivity index (χ3v) is 4.10. The van der Waals surface area contributed by atoms with Crippen molar-refractivity contribution in [1.82, 2.24) is 5.32 Å². The maximum atomic E-state index is 10.2. The molecule has 1 aromatic carbocycles.